The highest BCUT2D eigenvalue weighted by Crippen LogP contribution is 2.35. The van der Waals surface area contributed by atoms with Crippen LogP contribution in [-0.2, 0) is 28.9 Å². The molecule has 4 rings (SSSR count). The standard InChI is InChI=1S/C22H32N4O3/c1-27-12-8-23-20-17-6-5-7-18(17)24-19-14-16(22(28-2)25-21(19)20)15-29-13-11-26-9-3-4-10-26/h14H,3-13,15H2,1-2H3,(H,23,24). The SMILES string of the molecule is COCCNc1c2c(nc3cc(COCCN4CCCC4)c(OC)nc13)CCC2. The first-order chi connectivity index (χ1) is 14.3. The Balaban J connectivity index is 1.55. The molecule has 3 heterocycles. The Morgan fingerprint density at radius 2 is 1.93 bits per heavy atom. The van der Waals surface area contributed by atoms with E-state index >= 15 is 0 Å². The minimum atomic E-state index is 0.491. The molecule has 0 saturated carbocycles. The molecule has 0 unspecified atom stereocenters. The maximum absolute atomic E-state index is 5.95. The van der Waals surface area contributed by atoms with Gasteiger partial charge < -0.3 is 24.4 Å². The number of methoxy groups -OCH3 is 2. The summed E-state index contributed by atoms with van der Waals surface area (Å²) in [4.78, 5) is 12.2. The fourth-order valence-electron chi connectivity index (χ4n) is 4.33. The van der Waals surface area contributed by atoms with Crippen molar-refractivity contribution in [2.24, 2.45) is 0 Å². The van der Waals surface area contributed by atoms with Gasteiger partial charge in [0.05, 0.1) is 38.1 Å². The topological polar surface area (TPSA) is 68.7 Å². The molecule has 2 aromatic rings. The molecule has 1 N–H and O–H groups in total. The van der Waals surface area contributed by atoms with Crippen LogP contribution < -0.4 is 10.1 Å². The molecule has 0 amide bonds. The van der Waals surface area contributed by atoms with Gasteiger partial charge in [0, 0.05) is 31.5 Å². The van der Waals surface area contributed by atoms with Crippen molar-refractivity contribution >= 4 is 16.7 Å². The Morgan fingerprint density at radius 1 is 1.07 bits per heavy atom. The van der Waals surface area contributed by atoms with Crippen LogP contribution in [0, 0.1) is 0 Å². The van der Waals surface area contributed by atoms with Crippen LogP contribution >= 0.6 is 0 Å². The minimum Gasteiger partial charge on any atom is -0.481 e. The largest absolute Gasteiger partial charge is 0.481 e. The molecule has 0 aromatic carbocycles. The maximum Gasteiger partial charge on any atom is 0.219 e. The van der Waals surface area contributed by atoms with Gasteiger partial charge in [0.2, 0.25) is 5.88 Å². The van der Waals surface area contributed by atoms with Gasteiger partial charge in [-0.15, -0.1) is 0 Å². The van der Waals surface area contributed by atoms with Crippen LogP contribution in [0.2, 0.25) is 0 Å². The zero-order valence-corrected chi connectivity index (χ0v) is 17.6. The van der Waals surface area contributed by atoms with Gasteiger partial charge in [-0.1, -0.05) is 0 Å². The van der Waals surface area contributed by atoms with Crippen molar-refractivity contribution in [1.29, 1.82) is 0 Å². The van der Waals surface area contributed by atoms with Crippen LogP contribution in [0.5, 0.6) is 5.88 Å². The highest BCUT2D eigenvalue weighted by atomic mass is 16.5. The van der Waals surface area contributed by atoms with Crippen LogP contribution in [-0.4, -0.2) is 68.5 Å². The van der Waals surface area contributed by atoms with E-state index in [0.717, 1.165) is 61.2 Å². The Hall–Kier alpha value is -1.96. The molecule has 1 aliphatic heterocycles. The lowest BCUT2D eigenvalue weighted by atomic mass is 10.1. The second-order valence-electron chi connectivity index (χ2n) is 7.81. The normalized spacial score (nSPS) is 16.5. The highest BCUT2D eigenvalue weighted by Gasteiger charge is 2.22. The van der Waals surface area contributed by atoms with Gasteiger partial charge in [-0.25, -0.2) is 4.98 Å². The number of fused-ring (bicyclic) bond motifs is 2. The van der Waals surface area contributed by atoms with Crippen molar-refractivity contribution in [2.45, 2.75) is 38.7 Å². The molecule has 2 aromatic heterocycles. The van der Waals surface area contributed by atoms with Crippen LogP contribution in [0.4, 0.5) is 5.69 Å². The predicted octanol–water partition coefficient (Wildman–Crippen LogP) is 2.80. The number of anilines is 1. The number of hydrogen-bond acceptors (Lipinski definition) is 7. The quantitative estimate of drug-likeness (QED) is 0.615. The van der Waals surface area contributed by atoms with Crippen molar-refractivity contribution in [2.75, 3.05) is 58.9 Å². The van der Waals surface area contributed by atoms with E-state index in [1.807, 2.05) is 0 Å². The molecule has 0 bridgehead atoms. The summed E-state index contributed by atoms with van der Waals surface area (Å²) in [6.45, 7) is 5.98. The number of nitrogens with zero attached hydrogens (tertiary/aromatic N) is 3. The number of hydrogen-bond donors (Lipinski definition) is 1. The van der Waals surface area contributed by atoms with Crippen molar-refractivity contribution in [3.63, 3.8) is 0 Å². The van der Waals surface area contributed by atoms with Gasteiger partial charge in [-0.05, 0) is 56.8 Å². The molecular formula is C22H32N4O3. The Morgan fingerprint density at radius 3 is 2.72 bits per heavy atom. The van der Waals surface area contributed by atoms with Crippen LogP contribution in [0.25, 0.3) is 11.0 Å². The zero-order valence-electron chi connectivity index (χ0n) is 17.6. The van der Waals surface area contributed by atoms with Crippen LogP contribution in [0.15, 0.2) is 6.07 Å². The van der Waals surface area contributed by atoms with E-state index in [2.05, 4.69) is 16.3 Å². The lowest BCUT2D eigenvalue weighted by molar-refractivity contribution is 0.0975. The second kappa shape index (κ2) is 9.69. The Bertz CT molecular complexity index is 837. The van der Waals surface area contributed by atoms with Crippen LogP contribution in [0.3, 0.4) is 0 Å². The van der Waals surface area contributed by atoms with Gasteiger partial charge in [-0.2, -0.15) is 0 Å². The number of aromatic nitrogens is 2. The van der Waals surface area contributed by atoms with E-state index in [1.54, 1.807) is 14.2 Å². The number of ether oxygens (including phenoxy) is 3. The molecule has 0 spiro atoms. The molecule has 158 valence electrons. The van der Waals surface area contributed by atoms with Crippen molar-refractivity contribution in [1.82, 2.24) is 14.9 Å². The third kappa shape index (κ3) is 4.63. The first-order valence-corrected chi connectivity index (χ1v) is 10.7. The molecule has 1 saturated heterocycles. The van der Waals surface area contributed by atoms with E-state index in [9.17, 15) is 0 Å². The number of aryl methyl sites for hydroxylation is 1. The molecule has 1 fully saturated rings. The summed E-state index contributed by atoms with van der Waals surface area (Å²) in [5.41, 5.74) is 6.29. The molecule has 1 aliphatic carbocycles. The summed E-state index contributed by atoms with van der Waals surface area (Å²) < 4.78 is 16.8. The summed E-state index contributed by atoms with van der Waals surface area (Å²) >= 11 is 0. The van der Waals surface area contributed by atoms with Gasteiger partial charge in [0.15, 0.2) is 0 Å². The Labute approximate surface area is 172 Å². The lowest BCUT2D eigenvalue weighted by Gasteiger charge is -2.17. The summed E-state index contributed by atoms with van der Waals surface area (Å²) in [6, 6.07) is 2.08. The smallest absolute Gasteiger partial charge is 0.219 e. The third-order valence-electron chi connectivity index (χ3n) is 5.83. The highest BCUT2D eigenvalue weighted by molar-refractivity contribution is 5.91. The van der Waals surface area contributed by atoms with Crippen molar-refractivity contribution in [3.8, 4) is 5.88 Å². The van der Waals surface area contributed by atoms with Gasteiger partial charge in [-0.3, -0.25) is 4.98 Å². The second-order valence-corrected chi connectivity index (χ2v) is 7.81. The lowest BCUT2D eigenvalue weighted by Crippen LogP contribution is -2.24. The third-order valence-corrected chi connectivity index (χ3v) is 5.83. The zero-order chi connectivity index (χ0) is 20.1. The average molecular weight is 401 g/mol. The molecule has 0 radical (unpaired) electrons. The van der Waals surface area contributed by atoms with Crippen LogP contribution in [0.1, 0.15) is 36.1 Å². The van der Waals surface area contributed by atoms with Crippen molar-refractivity contribution < 1.29 is 14.2 Å². The van der Waals surface area contributed by atoms with E-state index in [1.165, 1.54) is 37.2 Å². The van der Waals surface area contributed by atoms with Gasteiger partial charge in [0.25, 0.3) is 0 Å². The van der Waals surface area contributed by atoms with E-state index in [0.29, 0.717) is 19.1 Å². The maximum atomic E-state index is 5.95. The van der Waals surface area contributed by atoms with Crippen molar-refractivity contribution in [3.05, 3.63) is 22.9 Å². The summed E-state index contributed by atoms with van der Waals surface area (Å²) in [5, 5.41) is 3.52. The number of nitrogens with one attached hydrogen (secondary N) is 1. The molecule has 7 nitrogen and oxygen atoms in total. The Kier molecular flexibility index (Phi) is 6.79. The predicted molar refractivity (Wildman–Crippen MR) is 114 cm³/mol. The molecule has 29 heavy (non-hydrogen) atoms. The summed E-state index contributed by atoms with van der Waals surface area (Å²) in [6.07, 6.45) is 5.82. The van der Waals surface area contributed by atoms with Gasteiger partial charge in [0.1, 0.15) is 5.52 Å². The number of pyridine rings is 2. The van der Waals surface area contributed by atoms with E-state index in [-0.39, 0.29) is 0 Å². The molecule has 2 aliphatic rings. The summed E-state index contributed by atoms with van der Waals surface area (Å²) in [7, 11) is 3.38. The monoisotopic (exact) mass is 400 g/mol. The molecule has 7 heteroatoms. The average Bonchev–Trinajstić information content (AvgIpc) is 3.42. The van der Waals surface area contributed by atoms with E-state index in [4.69, 9.17) is 24.2 Å². The fourth-order valence-corrected chi connectivity index (χ4v) is 4.33. The first-order valence-electron chi connectivity index (χ1n) is 10.7. The van der Waals surface area contributed by atoms with Gasteiger partial charge >= 0.3 is 0 Å². The van der Waals surface area contributed by atoms with E-state index < -0.39 is 0 Å². The molecule has 0 atom stereocenters. The number of rotatable bonds is 10. The minimum absolute atomic E-state index is 0.491. The number of likely N-dealkylation sites (tertiary alicyclic amines) is 1. The summed E-state index contributed by atoms with van der Waals surface area (Å²) in [5.74, 6) is 0.619. The first kappa shape index (κ1) is 20.3. The molecular weight excluding hydrogens is 368 g/mol. The fraction of sp³-hybridized carbons (Fsp3) is 0.636.